The van der Waals surface area contributed by atoms with Gasteiger partial charge in [-0.3, -0.25) is 9.59 Å². The Balaban J connectivity index is 1.91. The van der Waals surface area contributed by atoms with E-state index in [0.29, 0.717) is 18.1 Å². The van der Waals surface area contributed by atoms with Gasteiger partial charge in [-0.1, -0.05) is 30.7 Å². The summed E-state index contributed by atoms with van der Waals surface area (Å²) >= 11 is 0. The Labute approximate surface area is 199 Å². The van der Waals surface area contributed by atoms with Gasteiger partial charge >= 0.3 is 5.91 Å². The first-order valence-electron chi connectivity index (χ1n) is 10.9. The van der Waals surface area contributed by atoms with Gasteiger partial charge in [0.15, 0.2) is 0 Å². The first-order chi connectivity index (χ1) is 16.4. The summed E-state index contributed by atoms with van der Waals surface area (Å²) in [5.74, 6) is 5.21. The van der Waals surface area contributed by atoms with Gasteiger partial charge in [-0.25, -0.2) is 9.97 Å². The molecule has 2 N–H and O–H groups in total. The van der Waals surface area contributed by atoms with E-state index in [1.54, 1.807) is 31.1 Å². The van der Waals surface area contributed by atoms with Crippen LogP contribution in [0.15, 0.2) is 66.9 Å². The summed E-state index contributed by atoms with van der Waals surface area (Å²) in [6.45, 7) is 9.67. The second-order valence-electron chi connectivity index (χ2n) is 7.41. The molecule has 3 rings (SSSR count). The Bertz CT molecular complexity index is 1350. The predicted octanol–water partition coefficient (Wildman–Crippen LogP) is 4.46. The van der Waals surface area contributed by atoms with Crippen LogP contribution in [-0.4, -0.2) is 35.4 Å². The number of nitrogens with one attached hydrogen (secondary N) is 2. The summed E-state index contributed by atoms with van der Waals surface area (Å²) in [7, 11) is 1.60. The predicted molar refractivity (Wildman–Crippen MR) is 138 cm³/mol. The SMILES string of the molecule is C=C/C(C)=C(\C(=O)NC)c1ccc2nc(Nc3cccc(N(CC)C(=O)C#CC)c3)ncc2c1. The number of aromatic nitrogens is 2. The van der Waals surface area contributed by atoms with E-state index in [1.165, 1.54) is 0 Å². The molecule has 0 atom stereocenters. The average molecular weight is 454 g/mol. The van der Waals surface area contributed by atoms with Gasteiger partial charge in [-0.2, -0.15) is 0 Å². The van der Waals surface area contributed by atoms with Crippen molar-refractivity contribution in [3.63, 3.8) is 0 Å². The summed E-state index contributed by atoms with van der Waals surface area (Å²) in [6.07, 6.45) is 3.37. The Hall–Kier alpha value is -4.44. The molecule has 0 saturated heterocycles. The lowest BCUT2D eigenvalue weighted by Crippen LogP contribution is -2.29. The topological polar surface area (TPSA) is 87.2 Å². The lowest BCUT2D eigenvalue weighted by Gasteiger charge is -2.19. The zero-order valence-electron chi connectivity index (χ0n) is 19.8. The van der Waals surface area contributed by atoms with Gasteiger partial charge in [0.05, 0.1) is 5.52 Å². The zero-order chi connectivity index (χ0) is 24.7. The van der Waals surface area contributed by atoms with Crippen LogP contribution in [0.3, 0.4) is 0 Å². The van der Waals surface area contributed by atoms with Crippen molar-refractivity contribution in [1.82, 2.24) is 15.3 Å². The molecule has 7 heteroatoms. The van der Waals surface area contributed by atoms with E-state index in [1.807, 2.05) is 56.3 Å². The van der Waals surface area contributed by atoms with Crippen LogP contribution in [0.1, 0.15) is 26.3 Å². The number of fused-ring (bicyclic) bond motifs is 1. The molecule has 0 aliphatic carbocycles. The Kier molecular flexibility index (Phi) is 7.78. The van der Waals surface area contributed by atoms with Crippen LogP contribution in [-0.2, 0) is 9.59 Å². The number of anilines is 3. The maximum Gasteiger partial charge on any atom is 0.302 e. The zero-order valence-corrected chi connectivity index (χ0v) is 19.8. The number of nitrogens with zero attached hydrogens (tertiary/aromatic N) is 3. The maximum absolute atomic E-state index is 12.4. The summed E-state index contributed by atoms with van der Waals surface area (Å²) in [4.78, 5) is 35.3. The van der Waals surface area contributed by atoms with Crippen LogP contribution in [0.25, 0.3) is 16.5 Å². The van der Waals surface area contributed by atoms with E-state index >= 15 is 0 Å². The minimum atomic E-state index is -0.253. The van der Waals surface area contributed by atoms with E-state index in [-0.39, 0.29) is 11.8 Å². The number of rotatable bonds is 7. The molecule has 172 valence electrons. The third-order valence-electron chi connectivity index (χ3n) is 5.23. The molecule has 0 fully saturated rings. The summed E-state index contributed by atoms with van der Waals surface area (Å²) in [6, 6.07) is 13.0. The lowest BCUT2D eigenvalue weighted by atomic mass is 9.98. The molecule has 7 nitrogen and oxygen atoms in total. The van der Waals surface area contributed by atoms with Gasteiger partial charge in [0.25, 0.3) is 5.91 Å². The fourth-order valence-electron chi connectivity index (χ4n) is 3.51. The maximum atomic E-state index is 12.4. The molecule has 1 heterocycles. The standard InChI is InChI=1S/C27H27N5O2/c1-6-10-24(33)32(8-3)22-12-9-11-21(16-22)30-27-29-17-20-15-19(13-14-23(20)31-27)25(18(4)7-2)26(34)28-5/h7,9,11-17H,2,8H2,1,3-5H3,(H,28,34)(H,29,30,31)/b25-18-. The number of benzene rings is 2. The molecule has 3 aromatic rings. The fraction of sp³-hybridized carbons (Fsp3) is 0.185. The van der Waals surface area contributed by atoms with Crippen molar-refractivity contribution in [1.29, 1.82) is 0 Å². The molecule has 0 spiro atoms. The number of hydrogen-bond donors (Lipinski definition) is 2. The van der Waals surface area contributed by atoms with E-state index < -0.39 is 0 Å². The monoisotopic (exact) mass is 453 g/mol. The lowest BCUT2D eigenvalue weighted by molar-refractivity contribution is -0.115. The van der Waals surface area contributed by atoms with Crippen LogP contribution in [0.2, 0.25) is 0 Å². The summed E-state index contributed by atoms with van der Waals surface area (Å²) in [5, 5.41) is 6.67. The molecule has 0 saturated carbocycles. The smallest absolute Gasteiger partial charge is 0.302 e. The van der Waals surface area contributed by atoms with Crippen LogP contribution < -0.4 is 15.5 Å². The highest BCUT2D eigenvalue weighted by Gasteiger charge is 2.15. The molecule has 0 bridgehead atoms. The molecule has 0 unspecified atom stereocenters. The Morgan fingerprint density at radius 1 is 1.21 bits per heavy atom. The first kappa shape index (κ1) is 24.2. The van der Waals surface area contributed by atoms with Gasteiger partial charge < -0.3 is 15.5 Å². The molecule has 2 amide bonds. The molecular weight excluding hydrogens is 426 g/mol. The van der Waals surface area contributed by atoms with E-state index in [9.17, 15) is 9.59 Å². The first-order valence-corrected chi connectivity index (χ1v) is 10.9. The molecule has 2 aromatic carbocycles. The highest BCUT2D eigenvalue weighted by molar-refractivity contribution is 6.21. The second-order valence-corrected chi connectivity index (χ2v) is 7.41. The number of amides is 2. The number of carbonyl (C=O) groups is 2. The van der Waals surface area contributed by atoms with Gasteiger partial charge in [-0.05, 0) is 68.2 Å². The number of likely N-dealkylation sites (N-methyl/N-ethyl adjacent to an activating group) is 1. The van der Waals surface area contributed by atoms with Crippen molar-refractivity contribution in [2.45, 2.75) is 20.8 Å². The number of carbonyl (C=O) groups excluding carboxylic acids is 2. The van der Waals surface area contributed by atoms with Gasteiger partial charge in [0.1, 0.15) is 0 Å². The summed E-state index contributed by atoms with van der Waals surface area (Å²) in [5.41, 5.74) is 4.31. The average Bonchev–Trinajstić information content (AvgIpc) is 2.84. The van der Waals surface area contributed by atoms with Crippen LogP contribution in [0.5, 0.6) is 0 Å². The molecule has 0 aliphatic heterocycles. The molecule has 34 heavy (non-hydrogen) atoms. The van der Waals surface area contributed by atoms with Crippen molar-refractivity contribution >= 4 is 45.6 Å². The van der Waals surface area contributed by atoms with Crippen LogP contribution in [0, 0.1) is 11.8 Å². The largest absolute Gasteiger partial charge is 0.355 e. The van der Waals surface area contributed by atoms with Gasteiger partial charge in [0, 0.05) is 42.1 Å². The van der Waals surface area contributed by atoms with Crippen molar-refractivity contribution in [2.75, 3.05) is 23.8 Å². The van der Waals surface area contributed by atoms with Crippen molar-refractivity contribution in [3.05, 3.63) is 72.5 Å². The van der Waals surface area contributed by atoms with E-state index in [4.69, 9.17) is 0 Å². The molecule has 0 radical (unpaired) electrons. The highest BCUT2D eigenvalue weighted by atomic mass is 16.2. The summed E-state index contributed by atoms with van der Waals surface area (Å²) < 4.78 is 0. The highest BCUT2D eigenvalue weighted by Crippen LogP contribution is 2.26. The number of hydrogen-bond acceptors (Lipinski definition) is 5. The Morgan fingerprint density at radius 2 is 2.00 bits per heavy atom. The quantitative estimate of drug-likeness (QED) is 0.313. The Morgan fingerprint density at radius 3 is 2.68 bits per heavy atom. The van der Waals surface area contributed by atoms with Crippen LogP contribution in [0.4, 0.5) is 17.3 Å². The minimum absolute atomic E-state index is 0.180. The fourth-order valence-corrected chi connectivity index (χ4v) is 3.51. The molecule has 1 aromatic heterocycles. The molecule has 0 aliphatic rings. The van der Waals surface area contributed by atoms with Crippen LogP contribution >= 0.6 is 0 Å². The van der Waals surface area contributed by atoms with Crippen molar-refractivity contribution in [3.8, 4) is 11.8 Å². The van der Waals surface area contributed by atoms with Gasteiger partial charge in [0.2, 0.25) is 5.95 Å². The third-order valence-corrected chi connectivity index (χ3v) is 5.23. The van der Waals surface area contributed by atoms with Gasteiger partial charge in [-0.15, -0.1) is 0 Å². The normalized spacial score (nSPS) is 11.1. The number of allylic oxidation sites excluding steroid dienone is 2. The minimum Gasteiger partial charge on any atom is -0.355 e. The molecular formula is C27H27N5O2. The van der Waals surface area contributed by atoms with E-state index in [0.717, 1.165) is 33.4 Å². The van der Waals surface area contributed by atoms with Crippen molar-refractivity contribution in [2.24, 2.45) is 0 Å². The van der Waals surface area contributed by atoms with E-state index in [2.05, 4.69) is 39.0 Å². The third kappa shape index (κ3) is 5.30. The van der Waals surface area contributed by atoms with Crippen molar-refractivity contribution < 1.29 is 9.59 Å². The second kappa shape index (κ2) is 10.9.